The summed E-state index contributed by atoms with van der Waals surface area (Å²) >= 11 is 7.32. The highest BCUT2D eigenvalue weighted by Crippen LogP contribution is 2.25. The van der Waals surface area contributed by atoms with Crippen LogP contribution in [-0.4, -0.2) is 28.4 Å². The van der Waals surface area contributed by atoms with Crippen molar-refractivity contribution >= 4 is 23.4 Å². The van der Waals surface area contributed by atoms with E-state index in [9.17, 15) is 0 Å². The molecule has 3 nitrogen and oxygen atoms in total. The predicted molar refractivity (Wildman–Crippen MR) is 52.1 cm³/mol. The number of halogens is 1. The van der Waals surface area contributed by atoms with E-state index in [1.165, 1.54) is 0 Å². The van der Waals surface area contributed by atoms with Gasteiger partial charge < -0.3 is 4.74 Å². The maximum Gasteiger partial charge on any atom is 0.187 e. The van der Waals surface area contributed by atoms with Crippen LogP contribution in [0, 0.1) is 0 Å². The average Bonchev–Trinajstić information content (AvgIpc) is 2.62. The molecular formula is C8H9ClN2OS. The van der Waals surface area contributed by atoms with Gasteiger partial charge in [-0.1, -0.05) is 23.4 Å². The zero-order valence-corrected chi connectivity index (χ0v) is 8.51. The van der Waals surface area contributed by atoms with Gasteiger partial charge in [0.15, 0.2) is 5.16 Å². The highest BCUT2D eigenvalue weighted by molar-refractivity contribution is 7.99. The quantitative estimate of drug-likeness (QED) is 0.709. The van der Waals surface area contributed by atoms with Crippen LogP contribution in [0.1, 0.15) is 6.42 Å². The van der Waals surface area contributed by atoms with E-state index in [2.05, 4.69) is 9.97 Å². The number of ether oxygens (including phenoxy) is 1. The van der Waals surface area contributed by atoms with Gasteiger partial charge >= 0.3 is 0 Å². The Labute approximate surface area is 85.9 Å². The molecular weight excluding hydrogens is 208 g/mol. The summed E-state index contributed by atoms with van der Waals surface area (Å²) in [6, 6.07) is 0. The summed E-state index contributed by atoms with van der Waals surface area (Å²) in [6.07, 6.45) is 4.32. The Morgan fingerprint density at radius 1 is 1.46 bits per heavy atom. The van der Waals surface area contributed by atoms with Crippen molar-refractivity contribution in [2.75, 3.05) is 13.2 Å². The number of hydrogen-bond donors (Lipinski definition) is 0. The van der Waals surface area contributed by atoms with Gasteiger partial charge in [0, 0.05) is 11.9 Å². The molecule has 0 aromatic carbocycles. The van der Waals surface area contributed by atoms with Crippen LogP contribution in [0.15, 0.2) is 17.6 Å². The number of hydrogen-bond acceptors (Lipinski definition) is 4. The fourth-order valence-electron chi connectivity index (χ4n) is 1.12. The van der Waals surface area contributed by atoms with Crippen molar-refractivity contribution in [3.63, 3.8) is 0 Å². The minimum absolute atomic E-state index is 0.501. The van der Waals surface area contributed by atoms with Crippen molar-refractivity contribution in [2.24, 2.45) is 0 Å². The topological polar surface area (TPSA) is 35.0 Å². The van der Waals surface area contributed by atoms with Gasteiger partial charge in [0.05, 0.1) is 24.0 Å². The first-order valence-electron chi connectivity index (χ1n) is 4.06. The molecule has 5 heteroatoms. The van der Waals surface area contributed by atoms with Gasteiger partial charge in [-0.05, 0) is 6.42 Å². The molecule has 1 aliphatic heterocycles. The second-order valence-electron chi connectivity index (χ2n) is 2.79. The second kappa shape index (κ2) is 4.26. The van der Waals surface area contributed by atoms with Gasteiger partial charge in [0.25, 0.3) is 0 Å². The van der Waals surface area contributed by atoms with Gasteiger partial charge in [-0.15, -0.1) is 0 Å². The number of thioether (sulfide) groups is 1. The first-order valence-corrected chi connectivity index (χ1v) is 5.32. The van der Waals surface area contributed by atoms with Crippen LogP contribution in [0.2, 0.25) is 5.02 Å². The zero-order valence-electron chi connectivity index (χ0n) is 6.94. The molecule has 1 aromatic heterocycles. The van der Waals surface area contributed by atoms with Crippen LogP contribution >= 0.6 is 23.4 Å². The molecule has 0 unspecified atom stereocenters. The van der Waals surface area contributed by atoms with Gasteiger partial charge in [-0.2, -0.15) is 0 Å². The van der Waals surface area contributed by atoms with E-state index in [1.807, 2.05) is 0 Å². The fourth-order valence-corrected chi connectivity index (χ4v) is 2.12. The molecule has 2 heterocycles. The first-order chi connectivity index (χ1) is 6.34. The zero-order chi connectivity index (χ0) is 9.10. The van der Waals surface area contributed by atoms with Crippen molar-refractivity contribution in [1.82, 2.24) is 9.97 Å². The lowest BCUT2D eigenvalue weighted by atomic mass is 10.4. The molecule has 0 saturated carbocycles. The molecule has 0 bridgehead atoms. The lowest BCUT2D eigenvalue weighted by molar-refractivity contribution is 0.199. The van der Waals surface area contributed by atoms with Crippen LogP contribution in [0.5, 0.6) is 0 Å². The Morgan fingerprint density at radius 2 is 2.23 bits per heavy atom. The van der Waals surface area contributed by atoms with E-state index >= 15 is 0 Å². The molecule has 13 heavy (non-hydrogen) atoms. The molecule has 1 fully saturated rings. The van der Waals surface area contributed by atoms with Crippen molar-refractivity contribution < 1.29 is 4.74 Å². The summed E-state index contributed by atoms with van der Waals surface area (Å²) < 4.78 is 5.25. The third kappa shape index (κ3) is 2.56. The van der Waals surface area contributed by atoms with E-state index in [-0.39, 0.29) is 0 Å². The maximum absolute atomic E-state index is 5.67. The van der Waals surface area contributed by atoms with E-state index in [0.29, 0.717) is 10.3 Å². The predicted octanol–water partition coefficient (Wildman–Crippen LogP) is 2.01. The SMILES string of the molecule is Clc1cnc(S[C@H]2CCOC2)nc1. The molecule has 2 rings (SSSR count). The van der Waals surface area contributed by atoms with Crippen molar-refractivity contribution in [2.45, 2.75) is 16.8 Å². The number of rotatable bonds is 2. The highest BCUT2D eigenvalue weighted by atomic mass is 35.5. The molecule has 70 valence electrons. The standard InChI is InChI=1S/C8H9ClN2OS/c9-6-3-10-8(11-4-6)13-7-1-2-12-5-7/h3-4,7H,1-2,5H2/t7-/m0/s1. The third-order valence-corrected chi connectivity index (χ3v) is 3.08. The monoisotopic (exact) mass is 216 g/mol. The van der Waals surface area contributed by atoms with Gasteiger partial charge in [-0.25, -0.2) is 9.97 Å². The number of aromatic nitrogens is 2. The summed E-state index contributed by atoms with van der Waals surface area (Å²) in [5.74, 6) is 0. The van der Waals surface area contributed by atoms with E-state index in [1.54, 1.807) is 24.2 Å². The van der Waals surface area contributed by atoms with E-state index in [0.717, 1.165) is 24.8 Å². The molecule has 0 spiro atoms. The first kappa shape index (κ1) is 9.24. The van der Waals surface area contributed by atoms with Crippen LogP contribution in [-0.2, 0) is 4.74 Å². The smallest absolute Gasteiger partial charge is 0.187 e. The van der Waals surface area contributed by atoms with E-state index < -0.39 is 0 Å². The average molecular weight is 217 g/mol. The lowest BCUT2D eigenvalue weighted by Gasteiger charge is -2.04. The Kier molecular flexibility index (Phi) is 3.03. The van der Waals surface area contributed by atoms with Crippen molar-refractivity contribution in [3.05, 3.63) is 17.4 Å². The Morgan fingerprint density at radius 3 is 2.85 bits per heavy atom. The van der Waals surface area contributed by atoms with Gasteiger partial charge in [0.2, 0.25) is 0 Å². The van der Waals surface area contributed by atoms with Crippen LogP contribution in [0.25, 0.3) is 0 Å². The summed E-state index contributed by atoms with van der Waals surface area (Å²) in [7, 11) is 0. The normalized spacial score (nSPS) is 22.1. The Balaban J connectivity index is 1.97. The van der Waals surface area contributed by atoms with Crippen molar-refractivity contribution in [3.8, 4) is 0 Å². The third-order valence-electron chi connectivity index (χ3n) is 1.76. The summed E-state index contributed by atoms with van der Waals surface area (Å²) in [6.45, 7) is 1.65. The van der Waals surface area contributed by atoms with Gasteiger partial charge in [-0.3, -0.25) is 0 Å². The summed E-state index contributed by atoms with van der Waals surface area (Å²) in [4.78, 5) is 8.21. The van der Waals surface area contributed by atoms with Crippen LogP contribution in [0.4, 0.5) is 0 Å². The number of nitrogens with zero attached hydrogens (tertiary/aromatic N) is 2. The molecule has 0 radical (unpaired) electrons. The molecule has 0 aliphatic carbocycles. The summed E-state index contributed by atoms with van der Waals surface area (Å²) in [5.41, 5.74) is 0. The van der Waals surface area contributed by atoms with Gasteiger partial charge in [0.1, 0.15) is 0 Å². The van der Waals surface area contributed by atoms with Crippen molar-refractivity contribution in [1.29, 1.82) is 0 Å². The van der Waals surface area contributed by atoms with Crippen LogP contribution in [0.3, 0.4) is 0 Å². The highest BCUT2D eigenvalue weighted by Gasteiger charge is 2.17. The minimum atomic E-state index is 0.501. The summed E-state index contributed by atoms with van der Waals surface area (Å²) in [5, 5.41) is 1.85. The molecule has 0 N–H and O–H groups in total. The molecule has 1 saturated heterocycles. The van der Waals surface area contributed by atoms with Crippen LogP contribution < -0.4 is 0 Å². The molecule has 1 aromatic rings. The molecule has 0 amide bonds. The lowest BCUT2D eigenvalue weighted by Crippen LogP contribution is -2.01. The second-order valence-corrected chi connectivity index (χ2v) is 4.49. The maximum atomic E-state index is 5.67. The van der Waals surface area contributed by atoms with E-state index in [4.69, 9.17) is 16.3 Å². The molecule has 1 atom stereocenters. The largest absolute Gasteiger partial charge is 0.380 e. The minimum Gasteiger partial charge on any atom is -0.380 e. The molecule has 1 aliphatic rings. The Bertz CT molecular complexity index is 274. The fraction of sp³-hybridized carbons (Fsp3) is 0.500. The Hall–Kier alpha value is -0.320.